The zero-order chi connectivity index (χ0) is 10.8. The zero-order valence-corrected chi connectivity index (χ0v) is 8.82. The number of oxazole rings is 1. The molecule has 1 aliphatic carbocycles. The van der Waals surface area contributed by atoms with Gasteiger partial charge in [-0.3, -0.25) is 0 Å². The molecule has 0 bridgehead atoms. The molecule has 0 radical (unpaired) electrons. The molecule has 1 saturated carbocycles. The second-order valence-corrected chi connectivity index (χ2v) is 4.00. The highest BCUT2D eigenvalue weighted by atomic mass is 16.4. The molecule has 15 heavy (non-hydrogen) atoms. The smallest absolute Gasteiger partial charge is 0.373 e. The summed E-state index contributed by atoms with van der Waals surface area (Å²) >= 11 is 0. The van der Waals surface area contributed by atoms with E-state index in [1.54, 1.807) is 0 Å². The SMILES string of the molecule is CCCCc1nc(C2CC2)c(C(=O)O)o1. The number of carboxylic acids is 1. The van der Waals surface area contributed by atoms with E-state index in [1.165, 1.54) is 0 Å². The van der Waals surface area contributed by atoms with Gasteiger partial charge < -0.3 is 9.52 Å². The number of unbranched alkanes of at least 4 members (excludes halogenated alkanes) is 1. The van der Waals surface area contributed by atoms with E-state index in [-0.39, 0.29) is 5.76 Å². The van der Waals surface area contributed by atoms with Crippen molar-refractivity contribution >= 4 is 5.97 Å². The highest BCUT2D eigenvalue weighted by Gasteiger charge is 2.33. The first-order valence-corrected chi connectivity index (χ1v) is 5.45. The van der Waals surface area contributed by atoms with Crippen LogP contribution in [-0.4, -0.2) is 16.1 Å². The summed E-state index contributed by atoms with van der Waals surface area (Å²) in [5.74, 6) is -0.0258. The molecule has 1 fully saturated rings. The highest BCUT2D eigenvalue weighted by molar-refractivity contribution is 5.85. The lowest BCUT2D eigenvalue weighted by Gasteiger charge is -1.90. The molecule has 82 valence electrons. The number of carbonyl (C=O) groups is 1. The van der Waals surface area contributed by atoms with Crippen molar-refractivity contribution in [1.29, 1.82) is 0 Å². The van der Waals surface area contributed by atoms with Crippen molar-refractivity contribution in [3.05, 3.63) is 17.3 Å². The van der Waals surface area contributed by atoms with E-state index in [0.29, 0.717) is 17.5 Å². The Morgan fingerprint density at radius 1 is 1.60 bits per heavy atom. The molecule has 0 saturated heterocycles. The second kappa shape index (κ2) is 4.04. The topological polar surface area (TPSA) is 63.3 Å². The van der Waals surface area contributed by atoms with Crippen molar-refractivity contribution in [2.45, 2.75) is 44.9 Å². The molecule has 1 aromatic heterocycles. The van der Waals surface area contributed by atoms with E-state index in [0.717, 1.165) is 32.1 Å². The largest absolute Gasteiger partial charge is 0.475 e. The lowest BCUT2D eigenvalue weighted by Crippen LogP contribution is -1.98. The fourth-order valence-corrected chi connectivity index (χ4v) is 1.60. The van der Waals surface area contributed by atoms with Crippen LogP contribution in [0.4, 0.5) is 0 Å². The summed E-state index contributed by atoms with van der Waals surface area (Å²) in [7, 11) is 0. The summed E-state index contributed by atoms with van der Waals surface area (Å²) in [4.78, 5) is 15.2. The monoisotopic (exact) mass is 209 g/mol. The molecular weight excluding hydrogens is 194 g/mol. The summed E-state index contributed by atoms with van der Waals surface area (Å²) in [6.07, 6.45) is 4.87. The van der Waals surface area contributed by atoms with Gasteiger partial charge in [0, 0.05) is 12.3 Å². The molecule has 0 amide bonds. The molecule has 1 aromatic rings. The lowest BCUT2D eigenvalue weighted by molar-refractivity contribution is 0.0658. The Morgan fingerprint density at radius 3 is 2.87 bits per heavy atom. The van der Waals surface area contributed by atoms with Gasteiger partial charge in [0.15, 0.2) is 5.89 Å². The minimum atomic E-state index is -0.993. The standard InChI is InChI=1S/C11H15NO3/c1-2-3-4-8-12-9(7-5-6-7)10(15-8)11(13)14/h7H,2-6H2,1H3,(H,13,14). The second-order valence-electron chi connectivity index (χ2n) is 4.00. The van der Waals surface area contributed by atoms with Crippen molar-refractivity contribution in [3.8, 4) is 0 Å². The number of rotatable bonds is 5. The maximum absolute atomic E-state index is 10.9. The van der Waals surface area contributed by atoms with Crippen LogP contribution in [0.25, 0.3) is 0 Å². The normalized spacial score (nSPS) is 15.5. The minimum Gasteiger partial charge on any atom is -0.475 e. The molecule has 0 unspecified atom stereocenters. The summed E-state index contributed by atoms with van der Waals surface area (Å²) in [6, 6.07) is 0. The Labute approximate surface area is 88.3 Å². The molecule has 4 heteroatoms. The Kier molecular flexibility index (Phi) is 2.75. The number of carboxylic acid groups (broad SMARTS) is 1. The molecule has 0 aromatic carbocycles. The maximum atomic E-state index is 10.9. The van der Waals surface area contributed by atoms with Gasteiger partial charge in [-0.05, 0) is 19.3 Å². The van der Waals surface area contributed by atoms with Gasteiger partial charge in [-0.25, -0.2) is 9.78 Å². The number of aromatic carboxylic acids is 1. The summed E-state index contributed by atoms with van der Waals surface area (Å²) in [6.45, 7) is 2.09. The fraction of sp³-hybridized carbons (Fsp3) is 0.636. The maximum Gasteiger partial charge on any atom is 0.373 e. The highest BCUT2D eigenvalue weighted by Crippen LogP contribution is 2.41. The van der Waals surface area contributed by atoms with Gasteiger partial charge in [0.1, 0.15) is 0 Å². The van der Waals surface area contributed by atoms with Crippen LogP contribution >= 0.6 is 0 Å². The van der Waals surface area contributed by atoms with Crippen LogP contribution in [0.3, 0.4) is 0 Å². The predicted molar refractivity (Wildman–Crippen MR) is 54.0 cm³/mol. The molecule has 0 spiro atoms. The zero-order valence-electron chi connectivity index (χ0n) is 8.82. The summed E-state index contributed by atoms with van der Waals surface area (Å²) in [5.41, 5.74) is 0.661. The van der Waals surface area contributed by atoms with Crippen LogP contribution in [0, 0.1) is 0 Å². The van der Waals surface area contributed by atoms with Gasteiger partial charge in [-0.1, -0.05) is 13.3 Å². The van der Waals surface area contributed by atoms with Crippen molar-refractivity contribution in [1.82, 2.24) is 4.98 Å². The van der Waals surface area contributed by atoms with Crippen LogP contribution in [0.1, 0.15) is 60.7 Å². The van der Waals surface area contributed by atoms with Gasteiger partial charge in [0.2, 0.25) is 5.76 Å². The number of nitrogens with zero attached hydrogens (tertiary/aromatic N) is 1. The van der Waals surface area contributed by atoms with Gasteiger partial charge in [-0.2, -0.15) is 0 Å². The van der Waals surface area contributed by atoms with E-state index in [9.17, 15) is 4.79 Å². The van der Waals surface area contributed by atoms with Gasteiger partial charge in [-0.15, -0.1) is 0 Å². The van der Waals surface area contributed by atoms with Gasteiger partial charge >= 0.3 is 5.97 Å². The summed E-state index contributed by atoms with van der Waals surface area (Å²) in [5, 5.41) is 8.95. The molecule has 1 aliphatic rings. The van der Waals surface area contributed by atoms with E-state index in [4.69, 9.17) is 9.52 Å². The first kappa shape index (κ1) is 10.2. The van der Waals surface area contributed by atoms with Crippen molar-refractivity contribution in [2.75, 3.05) is 0 Å². The van der Waals surface area contributed by atoms with E-state index in [1.807, 2.05) is 0 Å². The fourth-order valence-electron chi connectivity index (χ4n) is 1.60. The Bertz CT molecular complexity index is 366. The third kappa shape index (κ3) is 2.19. The first-order valence-electron chi connectivity index (χ1n) is 5.45. The minimum absolute atomic E-state index is 0.0589. The van der Waals surface area contributed by atoms with E-state index < -0.39 is 5.97 Å². The molecule has 2 rings (SSSR count). The van der Waals surface area contributed by atoms with Crippen LogP contribution in [0.15, 0.2) is 4.42 Å². The average molecular weight is 209 g/mol. The Morgan fingerprint density at radius 2 is 2.33 bits per heavy atom. The molecule has 1 heterocycles. The Hall–Kier alpha value is -1.32. The van der Waals surface area contributed by atoms with Crippen LogP contribution in [0.5, 0.6) is 0 Å². The van der Waals surface area contributed by atoms with E-state index >= 15 is 0 Å². The molecule has 0 atom stereocenters. The van der Waals surface area contributed by atoms with Crippen LogP contribution in [0.2, 0.25) is 0 Å². The summed E-state index contributed by atoms with van der Waals surface area (Å²) < 4.78 is 5.27. The third-order valence-electron chi connectivity index (χ3n) is 2.60. The third-order valence-corrected chi connectivity index (χ3v) is 2.60. The average Bonchev–Trinajstić information content (AvgIpc) is 2.95. The van der Waals surface area contributed by atoms with Crippen LogP contribution < -0.4 is 0 Å². The van der Waals surface area contributed by atoms with Crippen LogP contribution in [-0.2, 0) is 6.42 Å². The van der Waals surface area contributed by atoms with Crippen molar-refractivity contribution < 1.29 is 14.3 Å². The van der Waals surface area contributed by atoms with Crippen molar-refractivity contribution in [3.63, 3.8) is 0 Å². The molecule has 4 nitrogen and oxygen atoms in total. The van der Waals surface area contributed by atoms with Crippen molar-refractivity contribution in [2.24, 2.45) is 0 Å². The first-order chi connectivity index (χ1) is 7.22. The lowest BCUT2D eigenvalue weighted by atomic mass is 10.2. The predicted octanol–water partition coefficient (Wildman–Crippen LogP) is 2.59. The van der Waals surface area contributed by atoms with E-state index in [2.05, 4.69) is 11.9 Å². The van der Waals surface area contributed by atoms with Gasteiger partial charge in [0.25, 0.3) is 0 Å². The molecular formula is C11H15NO3. The number of hydrogen-bond acceptors (Lipinski definition) is 3. The van der Waals surface area contributed by atoms with Gasteiger partial charge in [0.05, 0.1) is 5.69 Å². The Balaban J connectivity index is 2.19. The number of hydrogen-bond donors (Lipinski definition) is 1. The molecule has 1 N–H and O–H groups in total. The number of aryl methyl sites for hydroxylation is 1. The number of aromatic nitrogens is 1. The molecule has 0 aliphatic heterocycles. The quantitative estimate of drug-likeness (QED) is 0.809.